The third-order valence-electron chi connectivity index (χ3n) is 2.37. The highest BCUT2D eigenvalue weighted by Gasteiger charge is 2.27. The molecule has 1 N–H and O–H groups in total. The summed E-state index contributed by atoms with van der Waals surface area (Å²) >= 11 is 0. The second-order valence-electron chi connectivity index (χ2n) is 3.64. The number of rotatable bonds is 5. The minimum atomic E-state index is 0.686. The number of nitrogens with zero attached hydrogens (tertiary/aromatic N) is 1. The molecule has 1 aromatic heterocycles. The minimum absolute atomic E-state index is 0.686. The molecule has 0 unspecified atom stereocenters. The van der Waals surface area contributed by atoms with E-state index in [2.05, 4.69) is 10.3 Å². The first-order chi connectivity index (χ1) is 6.40. The van der Waals surface area contributed by atoms with Crippen LogP contribution in [0.3, 0.4) is 0 Å². The van der Waals surface area contributed by atoms with Crippen LogP contribution in [0.2, 0.25) is 0 Å². The normalized spacial score (nSPS) is 16.4. The summed E-state index contributed by atoms with van der Waals surface area (Å²) in [6.45, 7) is 1.03. The number of hydrogen-bond acceptors (Lipinski definition) is 3. The molecule has 3 heteroatoms. The van der Waals surface area contributed by atoms with Crippen LogP contribution in [0.4, 0.5) is 0 Å². The molecule has 1 aliphatic carbocycles. The highest BCUT2D eigenvalue weighted by Crippen LogP contribution is 2.40. The molecule has 1 aliphatic rings. The van der Waals surface area contributed by atoms with Crippen molar-refractivity contribution in [2.75, 3.05) is 13.6 Å². The molecular formula is C10H16N2O. The van der Waals surface area contributed by atoms with Crippen molar-refractivity contribution in [3.05, 3.63) is 17.8 Å². The average molecular weight is 180 g/mol. The van der Waals surface area contributed by atoms with Gasteiger partial charge in [-0.1, -0.05) is 0 Å². The third-order valence-corrected chi connectivity index (χ3v) is 2.37. The van der Waals surface area contributed by atoms with Crippen molar-refractivity contribution in [3.63, 3.8) is 0 Å². The Bertz CT molecular complexity index is 266. The summed E-state index contributed by atoms with van der Waals surface area (Å²) in [6, 6.07) is 0. The van der Waals surface area contributed by atoms with Crippen molar-refractivity contribution in [2.24, 2.45) is 0 Å². The Morgan fingerprint density at radius 3 is 3.15 bits per heavy atom. The lowest BCUT2D eigenvalue weighted by molar-refractivity contribution is 0.449. The van der Waals surface area contributed by atoms with Crippen LogP contribution in [0.15, 0.2) is 10.6 Å². The molecule has 2 rings (SSSR count). The summed E-state index contributed by atoms with van der Waals surface area (Å²) in [4.78, 5) is 4.25. The Labute approximate surface area is 78.5 Å². The molecule has 0 saturated heterocycles. The molecule has 0 radical (unpaired) electrons. The Kier molecular flexibility index (Phi) is 2.64. The predicted molar refractivity (Wildman–Crippen MR) is 50.7 cm³/mol. The Hall–Kier alpha value is -0.830. The predicted octanol–water partition coefficient (Wildman–Crippen LogP) is 1.70. The molecule has 1 aromatic rings. The van der Waals surface area contributed by atoms with Gasteiger partial charge in [-0.2, -0.15) is 0 Å². The van der Waals surface area contributed by atoms with Crippen molar-refractivity contribution < 1.29 is 4.42 Å². The van der Waals surface area contributed by atoms with Gasteiger partial charge in [-0.3, -0.25) is 0 Å². The maximum absolute atomic E-state index is 5.62. The number of oxazole rings is 1. The monoisotopic (exact) mass is 180 g/mol. The highest BCUT2D eigenvalue weighted by atomic mass is 16.4. The van der Waals surface area contributed by atoms with Gasteiger partial charge >= 0.3 is 0 Å². The lowest BCUT2D eigenvalue weighted by Crippen LogP contribution is -2.08. The largest absolute Gasteiger partial charge is 0.445 e. The minimum Gasteiger partial charge on any atom is -0.445 e. The fourth-order valence-corrected chi connectivity index (χ4v) is 1.41. The number of aromatic nitrogens is 1. The lowest BCUT2D eigenvalue weighted by Gasteiger charge is -1.95. The maximum atomic E-state index is 5.62. The number of hydrogen-bond donors (Lipinski definition) is 1. The molecule has 0 bridgehead atoms. The van der Waals surface area contributed by atoms with Crippen LogP contribution in [-0.4, -0.2) is 18.6 Å². The van der Waals surface area contributed by atoms with Crippen LogP contribution in [0, 0.1) is 0 Å². The van der Waals surface area contributed by atoms with Crippen LogP contribution >= 0.6 is 0 Å². The molecule has 72 valence electrons. The summed E-state index contributed by atoms with van der Waals surface area (Å²) in [7, 11) is 1.96. The Morgan fingerprint density at radius 1 is 1.62 bits per heavy atom. The Balaban J connectivity index is 1.82. The highest BCUT2D eigenvalue weighted by molar-refractivity contribution is 5.08. The van der Waals surface area contributed by atoms with E-state index in [-0.39, 0.29) is 0 Å². The van der Waals surface area contributed by atoms with Crippen molar-refractivity contribution >= 4 is 0 Å². The molecule has 0 amide bonds. The first kappa shape index (κ1) is 8.75. The summed E-state index contributed by atoms with van der Waals surface area (Å²) in [6.07, 6.45) is 6.51. The summed E-state index contributed by atoms with van der Waals surface area (Å²) < 4.78 is 5.62. The fourth-order valence-electron chi connectivity index (χ4n) is 1.41. The average Bonchev–Trinajstić information content (AvgIpc) is 2.88. The van der Waals surface area contributed by atoms with E-state index < -0.39 is 0 Å². The zero-order valence-electron chi connectivity index (χ0n) is 8.05. The third kappa shape index (κ3) is 2.31. The van der Waals surface area contributed by atoms with Gasteiger partial charge in [0.1, 0.15) is 5.76 Å². The van der Waals surface area contributed by atoms with Gasteiger partial charge in [0.25, 0.3) is 0 Å². The second kappa shape index (κ2) is 3.92. The molecule has 1 fully saturated rings. The van der Waals surface area contributed by atoms with E-state index in [0.29, 0.717) is 5.92 Å². The van der Waals surface area contributed by atoms with Crippen LogP contribution < -0.4 is 5.32 Å². The molecule has 0 atom stereocenters. The van der Waals surface area contributed by atoms with Crippen LogP contribution in [0.5, 0.6) is 0 Å². The van der Waals surface area contributed by atoms with Gasteiger partial charge in [0, 0.05) is 12.3 Å². The van der Waals surface area contributed by atoms with Gasteiger partial charge in [-0.05, 0) is 32.9 Å². The van der Waals surface area contributed by atoms with Crippen molar-refractivity contribution in [2.45, 2.75) is 31.6 Å². The smallest absolute Gasteiger partial charge is 0.194 e. The Morgan fingerprint density at radius 2 is 2.46 bits per heavy atom. The standard InChI is InChI=1S/C10H16N2O/c1-11-6-2-3-10-12-7-9(13-10)8-4-5-8/h7-8,11H,2-6H2,1H3. The van der Waals surface area contributed by atoms with Crippen LogP contribution in [0.1, 0.15) is 36.8 Å². The van der Waals surface area contributed by atoms with E-state index in [1.165, 1.54) is 12.8 Å². The van der Waals surface area contributed by atoms with Gasteiger partial charge < -0.3 is 9.73 Å². The van der Waals surface area contributed by atoms with Gasteiger partial charge in [0.2, 0.25) is 0 Å². The lowest BCUT2D eigenvalue weighted by atomic mass is 10.3. The second-order valence-corrected chi connectivity index (χ2v) is 3.64. The van der Waals surface area contributed by atoms with Crippen LogP contribution in [0.25, 0.3) is 0 Å². The van der Waals surface area contributed by atoms with Crippen LogP contribution in [-0.2, 0) is 6.42 Å². The zero-order chi connectivity index (χ0) is 9.10. The van der Waals surface area contributed by atoms with E-state index in [9.17, 15) is 0 Å². The van der Waals surface area contributed by atoms with E-state index in [0.717, 1.165) is 31.0 Å². The summed E-state index contributed by atoms with van der Waals surface area (Å²) in [5.74, 6) is 2.68. The van der Waals surface area contributed by atoms with Gasteiger partial charge in [0.05, 0.1) is 6.20 Å². The van der Waals surface area contributed by atoms with E-state index in [4.69, 9.17) is 4.42 Å². The van der Waals surface area contributed by atoms with Gasteiger partial charge in [0.15, 0.2) is 5.89 Å². The summed E-state index contributed by atoms with van der Waals surface area (Å²) in [5, 5.41) is 3.11. The first-order valence-electron chi connectivity index (χ1n) is 4.99. The first-order valence-corrected chi connectivity index (χ1v) is 4.99. The fraction of sp³-hybridized carbons (Fsp3) is 0.700. The van der Waals surface area contributed by atoms with Gasteiger partial charge in [-0.15, -0.1) is 0 Å². The maximum Gasteiger partial charge on any atom is 0.194 e. The van der Waals surface area contributed by atoms with Crippen molar-refractivity contribution in [1.82, 2.24) is 10.3 Å². The number of aryl methyl sites for hydroxylation is 1. The molecule has 0 aliphatic heterocycles. The SMILES string of the molecule is CNCCCc1ncc(C2CC2)o1. The summed E-state index contributed by atoms with van der Waals surface area (Å²) in [5.41, 5.74) is 0. The van der Waals surface area contributed by atoms with E-state index in [1.54, 1.807) is 0 Å². The molecule has 1 saturated carbocycles. The molecule has 1 heterocycles. The van der Waals surface area contributed by atoms with E-state index >= 15 is 0 Å². The molecule has 3 nitrogen and oxygen atoms in total. The molecule has 13 heavy (non-hydrogen) atoms. The van der Waals surface area contributed by atoms with Crippen molar-refractivity contribution in [3.8, 4) is 0 Å². The van der Waals surface area contributed by atoms with Gasteiger partial charge in [-0.25, -0.2) is 4.98 Å². The molecule has 0 aromatic carbocycles. The number of nitrogens with one attached hydrogen (secondary N) is 1. The van der Waals surface area contributed by atoms with Crippen molar-refractivity contribution in [1.29, 1.82) is 0 Å². The zero-order valence-corrected chi connectivity index (χ0v) is 8.05. The molecule has 0 spiro atoms. The van der Waals surface area contributed by atoms with E-state index in [1.807, 2.05) is 13.2 Å². The molecular weight excluding hydrogens is 164 g/mol. The topological polar surface area (TPSA) is 38.1 Å². The quantitative estimate of drug-likeness (QED) is 0.701.